The molecule has 0 spiro atoms. The number of piperazine rings is 1. The van der Waals surface area contributed by atoms with Gasteiger partial charge in [0.15, 0.2) is 0 Å². The maximum absolute atomic E-state index is 10.3. The molecule has 1 saturated heterocycles. The van der Waals surface area contributed by atoms with Crippen LogP contribution in [0.3, 0.4) is 0 Å². The summed E-state index contributed by atoms with van der Waals surface area (Å²) in [6.45, 7) is 4.42. The number of anilines is 1. The second kappa shape index (κ2) is 6.45. The highest BCUT2D eigenvalue weighted by Crippen LogP contribution is 2.28. The number of hydrogen-bond donors (Lipinski definition) is 1. The molecule has 5 nitrogen and oxygen atoms in total. The lowest BCUT2D eigenvalue weighted by atomic mass is 10.0. The predicted molar refractivity (Wildman–Crippen MR) is 95.1 cm³/mol. The van der Waals surface area contributed by atoms with E-state index in [9.17, 15) is 5.11 Å². The molecule has 2 aromatic carbocycles. The van der Waals surface area contributed by atoms with Crippen molar-refractivity contribution in [2.45, 2.75) is 6.54 Å². The number of phenols is 1. The van der Waals surface area contributed by atoms with Crippen LogP contribution in [0.25, 0.3) is 10.8 Å². The zero-order valence-corrected chi connectivity index (χ0v) is 13.5. The smallest absolute Gasteiger partial charge is 0.225 e. The third kappa shape index (κ3) is 2.90. The second-order valence-electron chi connectivity index (χ2n) is 6.10. The number of aromatic nitrogens is 2. The first kappa shape index (κ1) is 14.9. The normalized spacial score (nSPS) is 15.8. The van der Waals surface area contributed by atoms with Gasteiger partial charge in [0.1, 0.15) is 5.75 Å². The van der Waals surface area contributed by atoms with Gasteiger partial charge in [-0.15, -0.1) is 0 Å². The molecule has 1 fully saturated rings. The fourth-order valence-corrected chi connectivity index (χ4v) is 3.27. The molecule has 1 aliphatic rings. The molecule has 0 radical (unpaired) electrons. The number of fused-ring (bicyclic) bond motifs is 1. The summed E-state index contributed by atoms with van der Waals surface area (Å²) < 4.78 is 0. The molecule has 0 amide bonds. The van der Waals surface area contributed by atoms with Gasteiger partial charge in [-0.05, 0) is 22.9 Å². The van der Waals surface area contributed by atoms with Gasteiger partial charge in [-0.25, -0.2) is 9.97 Å². The number of phenolic OH excluding ortho intramolecular Hbond substituents is 1. The van der Waals surface area contributed by atoms with Crippen molar-refractivity contribution in [3.63, 3.8) is 0 Å². The van der Waals surface area contributed by atoms with Crippen LogP contribution in [0.15, 0.2) is 54.9 Å². The van der Waals surface area contributed by atoms with E-state index in [0.29, 0.717) is 5.75 Å². The third-order valence-electron chi connectivity index (χ3n) is 4.60. The van der Waals surface area contributed by atoms with E-state index in [1.165, 1.54) is 5.39 Å². The number of benzene rings is 2. The Morgan fingerprint density at radius 3 is 2.42 bits per heavy atom. The summed E-state index contributed by atoms with van der Waals surface area (Å²) >= 11 is 0. The van der Waals surface area contributed by atoms with Gasteiger partial charge in [0.25, 0.3) is 0 Å². The van der Waals surface area contributed by atoms with Crippen molar-refractivity contribution in [2.75, 3.05) is 31.1 Å². The lowest BCUT2D eigenvalue weighted by Gasteiger charge is -2.34. The molecule has 0 atom stereocenters. The van der Waals surface area contributed by atoms with Crippen molar-refractivity contribution in [2.24, 2.45) is 0 Å². The first-order valence-electron chi connectivity index (χ1n) is 8.25. The standard InChI is InChI=1S/C19H20N4O/c24-18-7-6-15-4-1-2-5-16(15)17(18)14-22-10-12-23(13-11-22)19-20-8-3-9-21-19/h1-9,24H,10-14H2. The molecular formula is C19H20N4O. The average molecular weight is 320 g/mol. The van der Waals surface area contributed by atoms with E-state index >= 15 is 0 Å². The molecule has 1 N–H and O–H groups in total. The van der Waals surface area contributed by atoms with Gasteiger partial charge in [0.05, 0.1) is 0 Å². The molecule has 24 heavy (non-hydrogen) atoms. The summed E-state index contributed by atoms with van der Waals surface area (Å²) in [4.78, 5) is 13.2. The van der Waals surface area contributed by atoms with Crippen LogP contribution in [0, 0.1) is 0 Å². The third-order valence-corrected chi connectivity index (χ3v) is 4.60. The Kier molecular flexibility index (Phi) is 4.01. The molecule has 1 aliphatic heterocycles. The topological polar surface area (TPSA) is 52.5 Å². The Morgan fingerprint density at radius 2 is 1.62 bits per heavy atom. The Morgan fingerprint density at radius 1 is 0.875 bits per heavy atom. The molecule has 5 heteroatoms. The molecule has 1 aromatic heterocycles. The van der Waals surface area contributed by atoms with Gasteiger partial charge in [-0.3, -0.25) is 4.90 Å². The molecular weight excluding hydrogens is 300 g/mol. The van der Waals surface area contributed by atoms with Crippen molar-refractivity contribution in [3.8, 4) is 5.75 Å². The molecule has 0 saturated carbocycles. The van der Waals surface area contributed by atoms with Crippen LogP contribution in [0.4, 0.5) is 5.95 Å². The number of hydrogen-bond acceptors (Lipinski definition) is 5. The maximum Gasteiger partial charge on any atom is 0.225 e. The van der Waals surface area contributed by atoms with Crippen LogP contribution in [0.5, 0.6) is 5.75 Å². The van der Waals surface area contributed by atoms with E-state index in [2.05, 4.69) is 31.9 Å². The van der Waals surface area contributed by atoms with Gasteiger partial charge in [0, 0.05) is 50.7 Å². The maximum atomic E-state index is 10.3. The van der Waals surface area contributed by atoms with Gasteiger partial charge in [-0.1, -0.05) is 30.3 Å². The zero-order chi connectivity index (χ0) is 16.4. The molecule has 3 aromatic rings. The first-order valence-corrected chi connectivity index (χ1v) is 8.25. The van der Waals surface area contributed by atoms with Gasteiger partial charge in [0.2, 0.25) is 5.95 Å². The Hall–Kier alpha value is -2.66. The average Bonchev–Trinajstić information content (AvgIpc) is 2.65. The van der Waals surface area contributed by atoms with Gasteiger partial charge < -0.3 is 10.0 Å². The molecule has 0 unspecified atom stereocenters. The minimum Gasteiger partial charge on any atom is -0.508 e. The monoisotopic (exact) mass is 320 g/mol. The van der Waals surface area contributed by atoms with Crippen LogP contribution in [-0.4, -0.2) is 46.2 Å². The summed E-state index contributed by atoms with van der Waals surface area (Å²) in [6, 6.07) is 13.8. The number of nitrogens with zero attached hydrogens (tertiary/aromatic N) is 4. The summed E-state index contributed by atoms with van der Waals surface area (Å²) in [7, 11) is 0. The van der Waals surface area contributed by atoms with Crippen molar-refractivity contribution in [3.05, 3.63) is 60.4 Å². The second-order valence-corrected chi connectivity index (χ2v) is 6.10. The SMILES string of the molecule is Oc1ccc2ccccc2c1CN1CCN(c2ncccn2)CC1. The minimum absolute atomic E-state index is 0.377. The van der Waals surface area contributed by atoms with E-state index in [1.54, 1.807) is 18.5 Å². The predicted octanol–water partition coefficient (Wildman–Crippen LogP) is 2.66. The molecule has 4 rings (SSSR count). The van der Waals surface area contributed by atoms with Crippen LogP contribution in [0.2, 0.25) is 0 Å². The van der Waals surface area contributed by atoms with Crippen molar-refractivity contribution in [1.29, 1.82) is 0 Å². The molecule has 2 heterocycles. The van der Waals surface area contributed by atoms with Gasteiger partial charge in [-0.2, -0.15) is 0 Å². The Bertz CT molecular complexity index is 829. The largest absolute Gasteiger partial charge is 0.508 e. The summed E-state index contributed by atoms with van der Waals surface area (Å²) in [5.74, 6) is 1.17. The fraction of sp³-hybridized carbons (Fsp3) is 0.263. The highest BCUT2D eigenvalue weighted by Gasteiger charge is 2.20. The van der Waals surface area contributed by atoms with Crippen molar-refractivity contribution >= 4 is 16.7 Å². The molecule has 122 valence electrons. The van der Waals surface area contributed by atoms with Crippen LogP contribution in [0.1, 0.15) is 5.56 Å². The molecule has 0 aliphatic carbocycles. The number of aromatic hydroxyl groups is 1. The van der Waals surface area contributed by atoms with E-state index in [4.69, 9.17) is 0 Å². The van der Waals surface area contributed by atoms with Crippen LogP contribution in [-0.2, 0) is 6.54 Å². The fourth-order valence-electron chi connectivity index (χ4n) is 3.27. The van der Waals surface area contributed by atoms with Crippen LogP contribution < -0.4 is 4.90 Å². The van der Waals surface area contributed by atoms with Crippen molar-refractivity contribution in [1.82, 2.24) is 14.9 Å². The van der Waals surface area contributed by atoms with Crippen LogP contribution >= 0.6 is 0 Å². The number of rotatable bonds is 3. The van der Waals surface area contributed by atoms with E-state index in [0.717, 1.165) is 49.6 Å². The highest BCUT2D eigenvalue weighted by molar-refractivity contribution is 5.87. The summed E-state index contributed by atoms with van der Waals surface area (Å²) in [5.41, 5.74) is 1.01. The molecule has 0 bridgehead atoms. The lowest BCUT2D eigenvalue weighted by Crippen LogP contribution is -2.46. The van der Waals surface area contributed by atoms with E-state index < -0.39 is 0 Å². The lowest BCUT2D eigenvalue weighted by molar-refractivity contribution is 0.246. The van der Waals surface area contributed by atoms with Crippen molar-refractivity contribution < 1.29 is 5.11 Å². The minimum atomic E-state index is 0.377. The first-order chi connectivity index (χ1) is 11.8. The Balaban J connectivity index is 1.49. The van der Waals surface area contributed by atoms with E-state index in [1.807, 2.05) is 24.3 Å². The summed E-state index contributed by atoms with van der Waals surface area (Å²) in [6.07, 6.45) is 3.56. The quantitative estimate of drug-likeness (QED) is 0.804. The summed E-state index contributed by atoms with van der Waals surface area (Å²) in [5, 5.41) is 12.6. The Labute approximate surface area is 141 Å². The highest BCUT2D eigenvalue weighted by atomic mass is 16.3. The van der Waals surface area contributed by atoms with E-state index in [-0.39, 0.29) is 0 Å². The zero-order valence-electron chi connectivity index (χ0n) is 13.5. The van der Waals surface area contributed by atoms with Gasteiger partial charge >= 0.3 is 0 Å².